The predicted octanol–water partition coefficient (Wildman–Crippen LogP) is 1.77. The minimum Gasteiger partial charge on any atom is -0.465 e. The number of methoxy groups -OCH3 is 1. The Hall–Kier alpha value is -0.920. The number of benzene rings is 1. The fourth-order valence-electron chi connectivity index (χ4n) is 2.00. The molecule has 1 fully saturated rings. The number of hydrogen-bond donors (Lipinski definition) is 0. The number of nitrogens with zero attached hydrogens (tertiary/aromatic N) is 1. The average molecular weight is 348 g/mol. The molecule has 0 unspecified atom stereocenters. The van der Waals surface area contributed by atoms with E-state index in [1.807, 2.05) is 0 Å². The molecule has 0 N–H and O–H groups in total. The van der Waals surface area contributed by atoms with Crippen LogP contribution in [0.1, 0.15) is 22.3 Å². The SMILES string of the molecule is COC(=O)c1ccc(CN2CCCS2(=O)=O)cc1Br. The second kappa shape index (κ2) is 5.60. The quantitative estimate of drug-likeness (QED) is 0.781. The normalized spacial score (nSPS) is 18.4. The van der Waals surface area contributed by atoms with E-state index in [4.69, 9.17) is 0 Å². The molecule has 0 spiro atoms. The highest BCUT2D eigenvalue weighted by atomic mass is 79.9. The molecule has 0 amide bonds. The van der Waals surface area contributed by atoms with Gasteiger partial charge in [0.1, 0.15) is 0 Å². The van der Waals surface area contributed by atoms with E-state index in [2.05, 4.69) is 20.7 Å². The van der Waals surface area contributed by atoms with Gasteiger partial charge in [-0.15, -0.1) is 0 Å². The Labute approximate surface area is 120 Å². The molecule has 0 atom stereocenters. The summed E-state index contributed by atoms with van der Waals surface area (Å²) in [6.45, 7) is 0.890. The Morgan fingerprint density at radius 3 is 2.74 bits per heavy atom. The zero-order valence-electron chi connectivity index (χ0n) is 10.4. The summed E-state index contributed by atoms with van der Waals surface area (Å²) in [5, 5.41) is 0. The lowest BCUT2D eigenvalue weighted by molar-refractivity contribution is 0.0599. The highest BCUT2D eigenvalue weighted by Crippen LogP contribution is 2.23. The first-order valence-corrected chi connectivity index (χ1v) is 8.19. The molecule has 0 aliphatic carbocycles. The summed E-state index contributed by atoms with van der Waals surface area (Å²) < 4.78 is 30.1. The van der Waals surface area contributed by atoms with E-state index < -0.39 is 16.0 Å². The number of carbonyl (C=O) groups excluding carboxylic acids is 1. The van der Waals surface area contributed by atoms with Gasteiger partial charge >= 0.3 is 5.97 Å². The van der Waals surface area contributed by atoms with E-state index in [9.17, 15) is 13.2 Å². The Morgan fingerprint density at radius 2 is 2.21 bits per heavy atom. The summed E-state index contributed by atoms with van der Waals surface area (Å²) >= 11 is 3.30. The third-order valence-electron chi connectivity index (χ3n) is 3.00. The van der Waals surface area contributed by atoms with Crippen molar-refractivity contribution in [3.8, 4) is 0 Å². The van der Waals surface area contributed by atoms with Crippen LogP contribution in [-0.4, -0.2) is 38.1 Å². The number of esters is 1. The van der Waals surface area contributed by atoms with Crippen molar-refractivity contribution in [2.75, 3.05) is 19.4 Å². The van der Waals surface area contributed by atoms with E-state index in [0.717, 1.165) is 5.56 Å². The van der Waals surface area contributed by atoms with Crippen LogP contribution in [-0.2, 0) is 21.3 Å². The zero-order chi connectivity index (χ0) is 14.0. The molecule has 1 aromatic rings. The molecule has 0 bridgehead atoms. The van der Waals surface area contributed by atoms with Crippen LogP contribution < -0.4 is 0 Å². The second-order valence-electron chi connectivity index (χ2n) is 4.31. The molecular formula is C12H14BrNO4S. The summed E-state index contributed by atoms with van der Waals surface area (Å²) in [6.07, 6.45) is 0.670. The molecule has 0 aromatic heterocycles. The van der Waals surface area contributed by atoms with Gasteiger partial charge < -0.3 is 4.74 Å². The maximum atomic E-state index is 11.7. The summed E-state index contributed by atoms with van der Waals surface area (Å²) in [4.78, 5) is 11.4. The third-order valence-corrected chi connectivity index (χ3v) is 5.56. The Morgan fingerprint density at radius 1 is 1.47 bits per heavy atom. The van der Waals surface area contributed by atoms with Crippen LogP contribution in [0.3, 0.4) is 0 Å². The molecule has 19 heavy (non-hydrogen) atoms. The molecule has 1 heterocycles. The highest BCUT2D eigenvalue weighted by Gasteiger charge is 2.28. The molecule has 1 aromatic carbocycles. The molecular weight excluding hydrogens is 334 g/mol. The van der Waals surface area contributed by atoms with Gasteiger partial charge in [-0.1, -0.05) is 6.07 Å². The number of carbonyl (C=O) groups is 1. The zero-order valence-corrected chi connectivity index (χ0v) is 12.8. The second-order valence-corrected chi connectivity index (χ2v) is 7.25. The molecule has 0 saturated carbocycles. The van der Waals surface area contributed by atoms with E-state index in [-0.39, 0.29) is 5.75 Å². The molecule has 7 heteroatoms. The van der Waals surface area contributed by atoms with E-state index in [1.54, 1.807) is 18.2 Å². The summed E-state index contributed by atoms with van der Waals surface area (Å²) in [7, 11) is -1.78. The average Bonchev–Trinajstić information content (AvgIpc) is 2.68. The van der Waals surface area contributed by atoms with E-state index >= 15 is 0 Å². The Kier molecular flexibility index (Phi) is 4.27. The first kappa shape index (κ1) is 14.5. The Bertz CT molecular complexity index is 600. The van der Waals surface area contributed by atoms with E-state index in [0.29, 0.717) is 29.5 Å². The third kappa shape index (κ3) is 3.16. The van der Waals surface area contributed by atoms with E-state index in [1.165, 1.54) is 11.4 Å². The van der Waals surface area contributed by atoms with Gasteiger partial charge in [-0.3, -0.25) is 0 Å². The van der Waals surface area contributed by atoms with Crippen molar-refractivity contribution in [3.63, 3.8) is 0 Å². The lowest BCUT2D eigenvalue weighted by atomic mass is 10.1. The molecule has 2 rings (SSSR count). The van der Waals surface area contributed by atoms with Crippen molar-refractivity contribution in [2.45, 2.75) is 13.0 Å². The summed E-state index contributed by atoms with van der Waals surface area (Å²) in [5.41, 5.74) is 1.26. The smallest absolute Gasteiger partial charge is 0.338 e. The number of halogens is 1. The van der Waals surface area contributed by atoms with Crippen LogP contribution in [0.25, 0.3) is 0 Å². The predicted molar refractivity (Wildman–Crippen MR) is 74.3 cm³/mol. The number of ether oxygens (including phenoxy) is 1. The lowest BCUT2D eigenvalue weighted by Crippen LogP contribution is -2.25. The van der Waals surface area contributed by atoms with Gasteiger partial charge in [0.15, 0.2) is 0 Å². The maximum absolute atomic E-state index is 11.7. The molecule has 1 saturated heterocycles. The van der Waals surface area contributed by atoms with Crippen molar-refractivity contribution < 1.29 is 17.9 Å². The van der Waals surface area contributed by atoms with Crippen LogP contribution in [0.2, 0.25) is 0 Å². The maximum Gasteiger partial charge on any atom is 0.338 e. The summed E-state index contributed by atoms with van der Waals surface area (Å²) in [6, 6.07) is 5.12. The molecule has 104 valence electrons. The van der Waals surface area contributed by atoms with Crippen molar-refractivity contribution in [2.24, 2.45) is 0 Å². The number of rotatable bonds is 3. The monoisotopic (exact) mass is 347 g/mol. The molecule has 1 aliphatic rings. The van der Waals surface area contributed by atoms with Gasteiger partial charge in [-0.25, -0.2) is 13.2 Å². The minimum absolute atomic E-state index is 0.217. The van der Waals surface area contributed by atoms with Crippen LogP contribution >= 0.6 is 15.9 Å². The first-order valence-electron chi connectivity index (χ1n) is 5.78. The Balaban J connectivity index is 2.19. The highest BCUT2D eigenvalue weighted by molar-refractivity contribution is 9.10. The van der Waals surface area contributed by atoms with Crippen molar-refractivity contribution >= 4 is 31.9 Å². The van der Waals surface area contributed by atoms with Gasteiger partial charge in [0, 0.05) is 17.6 Å². The molecule has 0 radical (unpaired) electrons. The van der Waals surface area contributed by atoms with Crippen molar-refractivity contribution in [3.05, 3.63) is 33.8 Å². The molecule has 5 nitrogen and oxygen atoms in total. The standard InChI is InChI=1S/C12H14BrNO4S/c1-18-12(15)10-4-3-9(7-11(10)13)8-14-5-2-6-19(14,16)17/h3-4,7H,2,5-6,8H2,1H3. The number of hydrogen-bond acceptors (Lipinski definition) is 4. The lowest BCUT2D eigenvalue weighted by Gasteiger charge is -2.14. The van der Waals surface area contributed by atoms with Crippen molar-refractivity contribution in [1.82, 2.24) is 4.31 Å². The fraction of sp³-hybridized carbons (Fsp3) is 0.417. The van der Waals surface area contributed by atoms with Crippen LogP contribution in [0.5, 0.6) is 0 Å². The minimum atomic E-state index is -3.10. The van der Waals surface area contributed by atoms with Gasteiger partial charge in [0.25, 0.3) is 0 Å². The van der Waals surface area contributed by atoms with Crippen LogP contribution in [0.15, 0.2) is 22.7 Å². The largest absolute Gasteiger partial charge is 0.465 e. The summed E-state index contributed by atoms with van der Waals surface area (Å²) in [5.74, 6) is -0.207. The van der Waals surface area contributed by atoms with Crippen LogP contribution in [0.4, 0.5) is 0 Å². The topological polar surface area (TPSA) is 63.7 Å². The van der Waals surface area contributed by atoms with Gasteiger partial charge in [0.2, 0.25) is 10.0 Å². The van der Waals surface area contributed by atoms with Gasteiger partial charge in [-0.05, 0) is 40.0 Å². The molecule has 1 aliphatic heterocycles. The van der Waals surface area contributed by atoms with Gasteiger partial charge in [0.05, 0.1) is 18.4 Å². The first-order chi connectivity index (χ1) is 8.94. The van der Waals surface area contributed by atoms with Crippen molar-refractivity contribution in [1.29, 1.82) is 0 Å². The fourth-order valence-corrected chi connectivity index (χ4v) is 4.10. The van der Waals surface area contributed by atoms with Gasteiger partial charge in [-0.2, -0.15) is 4.31 Å². The van der Waals surface area contributed by atoms with Crippen LogP contribution in [0, 0.1) is 0 Å². The number of sulfonamides is 1.